The molecule has 0 spiro atoms. The second-order valence-electron chi connectivity index (χ2n) is 6.04. The highest BCUT2D eigenvalue weighted by Gasteiger charge is 2.22. The standard InChI is InChI=1S/C19H21N3O6/c1-5-15-18(10(2)28-22-15)19(26)27-9-17(25)14-7-6-13(20-11(3)23)8-16(14)21-12(4)24/h6-8H,5,9H2,1-4H3,(H,20,23)(H,21,24). The Balaban J connectivity index is 2.18. The van der Waals surface area contributed by atoms with E-state index in [0.29, 0.717) is 23.6 Å². The van der Waals surface area contributed by atoms with Crippen molar-refractivity contribution in [2.45, 2.75) is 34.1 Å². The summed E-state index contributed by atoms with van der Waals surface area (Å²) in [6.45, 7) is 5.50. The van der Waals surface area contributed by atoms with Crippen molar-refractivity contribution in [3.8, 4) is 0 Å². The fraction of sp³-hybridized carbons (Fsp3) is 0.316. The Bertz CT molecular complexity index is 932. The van der Waals surface area contributed by atoms with Crippen LogP contribution in [0.4, 0.5) is 11.4 Å². The molecule has 0 atom stereocenters. The SMILES string of the molecule is CCc1noc(C)c1C(=O)OCC(=O)c1ccc(NC(C)=O)cc1NC(C)=O. The van der Waals surface area contributed by atoms with E-state index in [2.05, 4.69) is 15.8 Å². The monoisotopic (exact) mass is 387 g/mol. The van der Waals surface area contributed by atoms with Crippen LogP contribution in [0.5, 0.6) is 0 Å². The molecule has 148 valence electrons. The van der Waals surface area contributed by atoms with Crippen LogP contribution in [0.3, 0.4) is 0 Å². The summed E-state index contributed by atoms with van der Waals surface area (Å²) in [4.78, 5) is 47.5. The van der Waals surface area contributed by atoms with Gasteiger partial charge in [-0.25, -0.2) is 4.79 Å². The first-order valence-electron chi connectivity index (χ1n) is 8.57. The number of nitrogens with zero attached hydrogens (tertiary/aromatic N) is 1. The molecular weight excluding hydrogens is 366 g/mol. The number of aromatic nitrogens is 1. The predicted octanol–water partition coefficient (Wildman–Crippen LogP) is 2.50. The fourth-order valence-electron chi connectivity index (χ4n) is 2.56. The minimum absolute atomic E-state index is 0.148. The molecule has 1 aromatic carbocycles. The van der Waals surface area contributed by atoms with Gasteiger partial charge in [-0.3, -0.25) is 14.4 Å². The Morgan fingerprint density at radius 2 is 1.79 bits per heavy atom. The van der Waals surface area contributed by atoms with Gasteiger partial charge in [0.1, 0.15) is 11.3 Å². The Morgan fingerprint density at radius 3 is 2.39 bits per heavy atom. The highest BCUT2D eigenvalue weighted by Crippen LogP contribution is 2.22. The maximum absolute atomic E-state index is 12.5. The molecule has 0 saturated carbocycles. The lowest BCUT2D eigenvalue weighted by molar-refractivity contribution is -0.115. The molecule has 2 rings (SSSR count). The first kappa shape index (κ1) is 20.8. The number of hydrogen-bond donors (Lipinski definition) is 2. The largest absolute Gasteiger partial charge is 0.454 e. The highest BCUT2D eigenvalue weighted by molar-refractivity contribution is 6.07. The van der Waals surface area contributed by atoms with Gasteiger partial charge in [0.2, 0.25) is 17.6 Å². The molecule has 1 heterocycles. The Kier molecular flexibility index (Phi) is 6.64. The number of nitrogens with one attached hydrogen (secondary N) is 2. The molecule has 0 unspecified atom stereocenters. The van der Waals surface area contributed by atoms with E-state index < -0.39 is 24.3 Å². The molecule has 0 radical (unpaired) electrons. The van der Waals surface area contributed by atoms with Crippen molar-refractivity contribution in [1.29, 1.82) is 0 Å². The van der Waals surface area contributed by atoms with E-state index in [9.17, 15) is 19.2 Å². The molecule has 28 heavy (non-hydrogen) atoms. The van der Waals surface area contributed by atoms with Crippen molar-refractivity contribution in [2.75, 3.05) is 17.2 Å². The Hall–Kier alpha value is -3.49. The van der Waals surface area contributed by atoms with Crippen LogP contribution in [0.15, 0.2) is 22.7 Å². The molecule has 0 fully saturated rings. The van der Waals surface area contributed by atoms with E-state index in [4.69, 9.17) is 9.26 Å². The third kappa shape index (κ3) is 5.03. The van der Waals surface area contributed by atoms with Crippen molar-refractivity contribution in [3.05, 3.63) is 40.8 Å². The maximum atomic E-state index is 12.5. The van der Waals surface area contributed by atoms with Gasteiger partial charge in [0, 0.05) is 25.1 Å². The van der Waals surface area contributed by atoms with E-state index >= 15 is 0 Å². The topological polar surface area (TPSA) is 128 Å². The zero-order valence-electron chi connectivity index (χ0n) is 16.0. The molecule has 0 aliphatic carbocycles. The van der Waals surface area contributed by atoms with Gasteiger partial charge in [-0.05, 0) is 31.5 Å². The number of amides is 2. The first-order valence-corrected chi connectivity index (χ1v) is 8.57. The number of anilines is 2. The van der Waals surface area contributed by atoms with E-state index in [1.165, 1.54) is 32.0 Å². The first-order chi connectivity index (χ1) is 13.2. The Labute approximate surface area is 161 Å². The van der Waals surface area contributed by atoms with Crippen LogP contribution >= 0.6 is 0 Å². The van der Waals surface area contributed by atoms with E-state index in [1.54, 1.807) is 6.92 Å². The lowest BCUT2D eigenvalue weighted by Gasteiger charge is -2.12. The average molecular weight is 387 g/mol. The van der Waals surface area contributed by atoms with Crippen LogP contribution < -0.4 is 10.6 Å². The van der Waals surface area contributed by atoms with Crippen LogP contribution in [0.25, 0.3) is 0 Å². The zero-order valence-corrected chi connectivity index (χ0v) is 16.0. The predicted molar refractivity (Wildman–Crippen MR) is 100 cm³/mol. The average Bonchev–Trinajstić information content (AvgIpc) is 2.99. The second-order valence-corrected chi connectivity index (χ2v) is 6.04. The maximum Gasteiger partial charge on any atom is 0.344 e. The minimum Gasteiger partial charge on any atom is -0.454 e. The number of ketones is 1. The quantitative estimate of drug-likeness (QED) is 0.552. The van der Waals surface area contributed by atoms with Gasteiger partial charge < -0.3 is 19.9 Å². The number of carbonyl (C=O) groups excluding carboxylic acids is 4. The Morgan fingerprint density at radius 1 is 1.11 bits per heavy atom. The molecular formula is C19H21N3O6. The number of hydrogen-bond acceptors (Lipinski definition) is 7. The number of aryl methyl sites for hydroxylation is 2. The summed E-state index contributed by atoms with van der Waals surface area (Å²) in [6, 6.07) is 4.41. The van der Waals surface area contributed by atoms with Gasteiger partial charge in [0.15, 0.2) is 6.61 Å². The molecule has 0 aliphatic rings. The van der Waals surface area contributed by atoms with Crippen molar-refractivity contribution in [3.63, 3.8) is 0 Å². The molecule has 2 aromatic rings. The highest BCUT2D eigenvalue weighted by atomic mass is 16.5. The molecule has 9 nitrogen and oxygen atoms in total. The summed E-state index contributed by atoms with van der Waals surface area (Å²) in [7, 11) is 0. The summed E-state index contributed by atoms with van der Waals surface area (Å²) < 4.78 is 10.1. The van der Waals surface area contributed by atoms with E-state index in [1.807, 2.05) is 6.92 Å². The smallest absolute Gasteiger partial charge is 0.344 e. The summed E-state index contributed by atoms with van der Waals surface area (Å²) in [5.41, 5.74) is 1.43. The number of benzene rings is 1. The van der Waals surface area contributed by atoms with E-state index in [0.717, 1.165) is 0 Å². The minimum atomic E-state index is -0.708. The van der Waals surface area contributed by atoms with Crippen molar-refractivity contribution in [2.24, 2.45) is 0 Å². The summed E-state index contributed by atoms with van der Waals surface area (Å²) in [5.74, 6) is -1.59. The number of Topliss-reactive ketones (excluding diaryl/α,β-unsaturated/α-hetero) is 1. The van der Waals surface area contributed by atoms with E-state index in [-0.39, 0.29) is 22.7 Å². The van der Waals surface area contributed by atoms with Gasteiger partial charge in [-0.15, -0.1) is 0 Å². The second kappa shape index (κ2) is 8.94. The van der Waals surface area contributed by atoms with Gasteiger partial charge in [-0.2, -0.15) is 0 Å². The zero-order chi connectivity index (χ0) is 20.8. The third-order valence-electron chi connectivity index (χ3n) is 3.76. The molecule has 2 N–H and O–H groups in total. The third-order valence-corrected chi connectivity index (χ3v) is 3.76. The van der Waals surface area contributed by atoms with Crippen molar-refractivity contribution < 1.29 is 28.4 Å². The molecule has 0 bridgehead atoms. The number of esters is 1. The van der Waals surface area contributed by atoms with Gasteiger partial charge in [0.25, 0.3) is 0 Å². The lowest BCUT2D eigenvalue weighted by Crippen LogP contribution is -2.18. The fourth-order valence-corrected chi connectivity index (χ4v) is 2.56. The molecule has 9 heteroatoms. The van der Waals surface area contributed by atoms with Crippen molar-refractivity contribution >= 4 is 34.9 Å². The molecule has 0 saturated heterocycles. The summed E-state index contributed by atoms with van der Waals surface area (Å²) in [6.07, 6.45) is 0.479. The van der Waals surface area contributed by atoms with Crippen LogP contribution in [0, 0.1) is 6.92 Å². The van der Waals surface area contributed by atoms with Crippen LogP contribution in [0.2, 0.25) is 0 Å². The lowest BCUT2D eigenvalue weighted by atomic mass is 10.1. The van der Waals surface area contributed by atoms with Crippen LogP contribution in [-0.4, -0.2) is 35.3 Å². The van der Waals surface area contributed by atoms with Gasteiger partial charge in [0.05, 0.1) is 11.4 Å². The molecule has 0 aliphatic heterocycles. The number of rotatable bonds is 7. The van der Waals surface area contributed by atoms with Crippen LogP contribution in [-0.2, 0) is 20.7 Å². The van der Waals surface area contributed by atoms with Gasteiger partial charge in [-0.1, -0.05) is 12.1 Å². The molecule has 1 aromatic heterocycles. The van der Waals surface area contributed by atoms with Gasteiger partial charge >= 0.3 is 5.97 Å². The number of ether oxygens (including phenoxy) is 1. The van der Waals surface area contributed by atoms with Crippen molar-refractivity contribution in [1.82, 2.24) is 5.16 Å². The number of carbonyl (C=O) groups is 4. The molecule has 2 amide bonds. The summed E-state index contributed by atoms with van der Waals surface area (Å²) >= 11 is 0. The van der Waals surface area contributed by atoms with Crippen LogP contribution in [0.1, 0.15) is 52.9 Å². The summed E-state index contributed by atoms with van der Waals surface area (Å²) in [5, 5.41) is 8.88. The normalized spacial score (nSPS) is 10.3.